The molecule has 0 aromatic heterocycles. The molecule has 1 aliphatic rings. The van der Waals surface area contributed by atoms with Crippen molar-refractivity contribution >= 4 is 0 Å². The summed E-state index contributed by atoms with van der Waals surface area (Å²) >= 11 is 0. The van der Waals surface area contributed by atoms with E-state index >= 15 is 0 Å². The van der Waals surface area contributed by atoms with Crippen LogP contribution in [0.3, 0.4) is 0 Å². The van der Waals surface area contributed by atoms with Gasteiger partial charge in [-0.05, 0) is 17.7 Å². The van der Waals surface area contributed by atoms with E-state index in [4.69, 9.17) is 5.11 Å². The van der Waals surface area contributed by atoms with E-state index in [1.54, 1.807) is 12.1 Å². The fourth-order valence-electron chi connectivity index (χ4n) is 2.25. The first kappa shape index (κ1) is 13.4. The summed E-state index contributed by atoms with van der Waals surface area (Å²) in [4.78, 5) is 2.12. The van der Waals surface area contributed by atoms with Gasteiger partial charge in [0.25, 0.3) is 0 Å². The fourth-order valence-corrected chi connectivity index (χ4v) is 2.25. The van der Waals surface area contributed by atoms with Gasteiger partial charge < -0.3 is 15.5 Å². The molecule has 0 amide bonds. The Labute approximate surface area is 106 Å². The van der Waals surface area contributed by atoms with E-state index in [-0.39, 0.29) is 31.1 Å². The van der Waals surface area contributed by atoms with Crippen molar-refractivity contribution in [2.45, 2.75) is 18.6 Å². The van der Waals surface area contributed by atoms with E-state index in [1.165, 1.54) is 12.1 Å². The highest BCUT2D eigenvalue weighted by Gasteiger charge is 2.26. The minimum absolute atomic E-state index is 0.0354. The molecule has 0 bridgehead atoms. The van der Waals surface area contributed by atoms with Crippen molar-refractivity contribution < 1.29 is 14.6 Å². The molecule has 0 aliphatic carbocycles. The molecule has 2 atom stereocenters. The van der Waals surface area contributed by atoms with Crippen LogP contribution >= 0.6 is 0 Å². The maximum atomic E-state index is 12.8. The number of benzene rings is 1. The topological polar surface area (TPSA) is 55.7 Å². The molecule has 0 spiro atoms. The van der Waals surface area contributed by atoms with E-state index in [9.17, 15) is 9.50 Å². The number of aliphatic hydroxyl groups excluding tert-OH is 2. The number of halogens is 1. The maximum absolute atomic E-state index is 12.8. The third kappa shape index (κ3) is 3.26. The molecule has 1 aromatic rings. The third-order valence-corrected chi connectivity index (χ3v) is 3.34. The van der Waals surface area contributed by atoms with Gasteiger partial charge in [0.05, 0.1) is 13.2 Å². The van der Waals surface area contributed by atoms with Crippen molar-refractivity contribution in [3.8, 4) is 0 Å². The Kier molecular flexibility index (Phi) is 4.66. The number of piperazine rings is 1. The van der Waals surface area contributed by atoms with Crippen molar-refractivity contribution in [3.05, 3.63) is 35.6 Å². The summed E-state index contributed by atoms with van der Waals surface area (Å²) in [6.07, 6.45) is 0. The molecule has 2 unspecified atom stereocenters. The number of rotatable bonds is 4. The molecule has 0 saturated carbocycles. The standard InChI is InChI=1S/C13H19FN2O2/c14-11-3-1-10(2-4-11)6-16-7-12(8-17)15-5-13(16)9-18/h1-4,12-13,15,17-18H,5-9H2. The zero-order chi connectivity index (χ0) is 13.0. The Bertz CT molecular complexity index is 372. The van der Waals surface area contributed by atoms with Crippen molar-refractivity contribution in [2.75, 3.05) is 26.3 Å². The maximum Gasteiger partial charge on any atom is 0.123 e. The number of nitrogens with one attached hydrogen (secondary N) is 1. The number of hydrogen-bond acceptors (Lipinski definition) is 4. The lowest BCUT2D eigenvalue weighted by molar-refractivity contribution is 0.0590. The molecule has 1 aromatic carbocycles. The van der Waals surface area contributed by atoms with Crippen molar-refractivity contribution in [1.29, 1.82) is 0 Å². The van der Waals surface area contributed by atoms with Crippen LogP contribution in [-0.2, 0) is 6.54 Å². The SMILES string of the molecule is OCC1CN(Cc2ccc(F)cc2)C(CO)CN1. The molecular weight excluding hydrogens is 235 g/mol. The molecule has 5 heteroatoms. The summed E-state index contributed by atoms with van der Waals surface area (Å²) in [5.74, 6) is -0.244. The molecule has 1 saturated heterocycles. The van der Waals surface area contributed by atoms with Gasteiger partial charge in [-0.3, -0.25) is 4.90 Å². The monoisotopic (exact) mass is 254 g/mol. The molecule has 2 rings (SSSR count). The molecule has 100 valence electrons. The van der Waals surface area contributed by atoms with Gasteiger partial charge in [0.15, 0.2) is 0 Å². The van der Waals surface area contributed by atoms with E-state index in [1.807, 2.05) is 0 Å². The molecule has 3 N–H and O–H groups in total. The van der Waals surface area contributed by atoms with Crippen molar-refractivity contribution in [1.82, 2.24) is 10.2 Å². The number of aliphatic hydroxyl groups is 2. The molecule has 0 radical (unpaired) electrons. The van der Waals surface area contributed by atoms with Crippen LogP contribution in [0.1, 0.15) is 5.56 Å². The Morgan fingerprint density at radius 2 is 1.94 bits per heavy atom. The van der Waals surface area contributed by atoms with Gasteiger partial charge in [0.1, 0.15) is 5.82 Å². The highest BCUT2D eigenvalue weighted by molar-refractivity contribution is 5.16. The Morgan fingerprint density at radius 3 is 2.56 bits per heavy atom. The lowest BCUT2D eigenvalue weighted by Crippen LogP contribution is -2.58. The number of nitrogens with zero attached hydrogens (tertiary/aromatic N) is 1. The summed E-state index contributed by atoms with van der Waals surface area (Å²) in [6, 6.07) is 6.45. The predicted molar refractivity (Wildman–Crippen MR) is 66.6 cm³/mol. The van der Waals surface area contributed by atoms with Crippen LogP contribution < -0.4 is 5.32 Å². The van der Waals surface area contributed by atoms with E-state index in [0.29, 0.717) is 19.6 Å². The number of hydrogen-bond donors (Lipinski definition) is 3. The van der Waals surface area contributed by atoms with Crippen LogP contribution in [0.4, 0.5) is 4.39 Å². The first-order chi connectivity index (χ1) is 8.72. The normalized spacial score (nSPS) is 25.3. The van der Waals surface area contributed by atoms with Gasteiger partial charge >= 0.3 is 0 Å². The van der Waals surface area contributed by atoms with Gasteiger partial charge in [-0.25, -0.2) is 4.39 Å². The quantitative estimate of drug-likeness (QED) is 0.705. The Hall–Kier alpha value is -1.01. The lowest BCUT2D eigenvalue weighted by Gasteiger charge is -2.39. The van der Waals surface area contributed by atoms with E-state index in [2.05, 4.69) is 10.2 Å². The minimum Gasteiger partial charge on any atom is -0.395 e. The Balaban J connectivity index is 2.02. The minimum atomic E-state index is -0.244. The zero-order valence-corrected chi connectivity index (χ0v) is 10.2. The summed E-state index contributed by atoms with van der Waals surface area (Å²) in [5, 5.41) is 21.7. The van der Waals surface area contributed by atoms with Crippen LogP contribution in [-0.4, -0.2) is 53.5 Å². The van der Waals surface area contributed by atoms with Gasteiger partial charge in [0.2, 0.25) is 0 Å². The van der Waals surface area contributed by atoms with Crippen molar-refractivity contribution in [2.24, 2.45) is 0 Å². The first-order valence-corrected chi connectivity index (χ1v) is 6.16. The largest absolute Gasteiger partial charge is 0.395 e. The van der Waals surface area contributed by atoms with Crippen LogP contribution in [0.15, 0.2) is 24.3 Å². The summed E-state index contributed by atoms with van der Waals surface area (Å²) in [5.41, 5.74) is 1.01. The van der Waals surface area contributed by atoms with Gasteiger partial charge in [-0.2, -0.15) is 0 Å². The molecule has 1 fully saturated rings. The van der Waals surface area contributed by atoms with Gasteiger partial charge in [0, 0.05) is 31.7 Å². The van der Waals surface area contributed by atoms with Gasteiger partial charge in [-0.15, -0.1) is 0 Å². The Morgan fingerprint density at radius 1 is 1.22 bits per heavy atom. The van der Waals surface area contributed by atoms with Crippen LogP contribution in [0.25, 0.3) is 0 Å². The summed E-state index contributed by atoms with van der Waals surface area (Å²) in [6.45, 7) is 2.15. The highest BCUT2D eigenvalue weighted by atomic mass is 19.1. The molecule has 1 aliphatic heterocycles. The molecule has 18 heavy (non-hydrogen) atoms. The average Bonchev–Trinajstić information content (AvgIpc) is 2.41. The fraction of sp³-hybridized carbons (Fsp3) is 0.538. The second kappa shape index (κ2) is 6.24. The summed E-state index contributed by atoms with van der Waals surface area (Å²) in [7, 11) is 0. The van der Waals surface area contributed by atoms with Crippen LogP contribution in [0.2, 0.25) is 0 Å². The second-order valence-electron chi connectivity index (χ2n) is 4.68. The second-order valence-corrected chi connectivity index (χ2v) is 4.68. The zero-order valence-electron chi connectivity index (χ0n) is 10.2. The van der Waals surface area contributed by atoms with Crippen LogP contribution in [0.5, 0.6) is 0 Å². The lowest BCUT2D eigenvalue weighted by atomic mass is 10.1. The van der Waals surface area contributed by atoms with Gasteiger partial charge in [-0.1, -0.05) is 12.1 Å². The van der Waals surface area contributed by atoms with Crippen LogP contribution in [0, 0.1) is 5.82 Å². The highest BCUT2D eigenvalue weighted by Crippen LogP contribution is 2.13. The predicted octanol–water partition coefficient (Wildman–Crippen LogP) is -0.0473. The van der Waals surface area contributed by atoms with E-state index in [0.717, 1.165) is 5.56 Å². The van der Waals surface area contributed by atoms with Crippen molar-refractivity contribution in [3.63, 3.8) is 0 Å². The molecule has 4 nitrogen and oxygen atoms in total. The molecule has 1 heterocycles. The average molecular weight is 254 g/mol. The summed E-state index contributed by atoms with van der Waals surface area (Å²) < 4.78 is 12.8. The first-order valence-electron chi connectivity index (χ1n) is 6.16. The smallest absolute Gasteiger partial charge is 0.123 e. The molecular formula is C13H19FN2O2. The third-order valence-electron chi connectivity index (χ3n) is 3.34. The van der Waals surface area contributed by atoms with E-state index < -0.39 is 0 Å².